The Hall–Kier alpha value is -3.28. The molecule has 0 spiro atoms. The van der Waals surface area contributed by atoms with Crippen molar-refractivity contribution in [2.45, 2.75) is 19.4 Å². The van der Waals surface area contributed by atoms with Gasteiger partial charge in [-0.15, -0.1) is 0 Å². The van der Waals surface area contributed by atoms with E-state index in [1.165, 1.54) is 22.9 Å². The van der Waals surface area contributed by atoms with Gasteiger partial charge in [0.05, 0.1) is 5.69 Å². The van der Waals surface area contributed by atoms with Crippen molar-refractivity contribution in [1.29, 1.82) is 0 Å². The lowest BCUT2D eigenvalue weighted by Crippen LogP contribution is -2.27. The molecule has 0 aliphatic carbocycles. The Kier molecular flexibility index (Phi) is 5.76. The van der Waals surface area contributed by atoms with Crippen LogP contribution in [0.5, 0.6) is 0 Å². The SMILES string of the molecule is CN(C(=O)CCCn1nc(-c2ccc(F)cc2)ccc1=O)c1ccccc1. The molecular formula is C21H20FN3O2. The van der Waals surface area contributed by atoms with E-state index in [0.717, 1.165) is 11.3 Å². The van der Waals surface area contributed by atoms with Crippen molar-refractivity contribution in [1.82, 2.24) is 9.78 Å². The van der Waals surface area contributed by atoms with Crippen LogP contribution in [0.4, 0.5) is 10.1 Å². The van der Waals surface area contributed by atoms with E-state index in [9.17, 15) is 14.0 Å². The van der Waals surface area contributed by atoms with Gasteiger partial charge in [0.2, 0.25) is 5.91 Å². The number of hydrogen-bond acceptors (Lipinski definition) is 3. The summed E-state index contributed by atoms with van der Waals surface area (Å²) in [6.45, 7) is 0.336. The van der Waals surface area contributed by atoms with E-state index in [-0.39, 0.29) is 17.3 Å². The van der Waals surface area contributed by atoms with Gasteiger partial charge in [0.25, 0.3) is 5.56 Å². The maximum Gasteiger partial charge on any atom is 0.266 e. The topological polar surface area (TPSA) is 55.2 Å². The Morgan fingerprint density at radius 2 is 1.74 bits per heavy atom. The summed E-state index contributed by atoms with van der Waals surface area (Å²) >= 11 is 0. The van der Waals surface area contributed by atoms with E-state index in [0.29, 0.717) is 25.1 Å². The van der Waals surface area contributed by atoms with E-state index >= 15 is 0 Å². The van der Waals surface area contributed by atoms with Gasteiger partial charge >= 0.3 is 0 Å². The first-order valence-electron chi connectivity index (χ1n) is 8.70. The predicted octanol–water partition coefficient (Wildman–Crippen LogP) is 3.49. The zero-order valence-corrected chi connectivity index (χ0v) is 15.0. The van der Waals surface area contributed by atoms with Crippen molar-refractivity contribution in [2.24, 2.45) is 0 Å². The summed E-state index contributed by atoms with van der Waals surface area (Å²) in [6, 6.07) is 18.4. The molecule has 3 rings (SSSR count). The van der Waals surface area contributed by atoms with E-state index in [2.05, 4.69) is 5.10 Å². The summed E-state index contributed by atoms with van der Waals surface area (Å²) in [6.07, 6.45) is 0.802. The first-order chi connectivity index (χ1) is 13.0. The second kappa shape index (κ2) is 8.40. The van der Waals surface area contributed by atoms with Gasteiger partial charge in [-0.25, -0.2) is 9.07 Å². The number of rotatable bonds is 6. The van der Waals surface area contributed by atoms with Crippen LogP contribution in [0.3, 0.4) is 0 Å². The van der Waals surface area contributed by atoms with Crippen LogP contribution in [0.2, 0.25) is 0 Å². The minimum Gasteiger partial charge on any atom is -0.316 e. The van der Waals surface area contributed by atoms with Crippen LogP contribution in [0.25, 0.3) is 11.3 Å². The third-order valence-corrected chi connectivity index (χ3v) is 4.28. The maximum atomic E-state index is 13.1. The summed E-state index contributed by atoms with van der Waals surface area (Å²) in [5.74, 6) is -0.350. The first kappa shape index (κ1) is 18.5. The quantitative estimate of drug-likeness (QED) is 0.672. The van der Waals surface area contributed by atoms with Gasteiger partial charge in [-0.2, -0.15) is 5.10 Å². The molecule has 2 aromatic carbocycles. The molecule has 1 amide bonds. The van der Waals surface area contributed by atoms with Crippen molar-refractivity contribution >= 4 is 11.6 Å². The van der Waals surface area contributed by atoms with Crippen LogP contribution in [-0.4, -0.2) is 22.7 Å². The molecule has 1 heterocycles. The lowest BCUT2D eigenvalue weighted by Gasteiger charge is -2.17. The van der Waals surface area contributed by atoms with E-state index < -0.39 is 0 Å². The second-order valence-corrected chi connectivity index (χ2v) is 6.18. The molecule has 0 unspecified atom stereocenters. The van der Waals surface area contributed by atoms with E-state index in [1.54, 1.807) is 30.1 Å². The highest BCUT2D eigenvalue weighted by Crippen LogP contribution is 2.16. The molecular weight excluding hydrogens is 345 g/mol. The molecule has 27 heavy (non-hydrogen) atoms. The van der Waals surface area contributed by atoms with Crippen molar-refractivity contribution in [3.8, 4) is 11.3 Å². The maximum absolute atomic E-state index is 13.1. The number of carbonyl (C=O) groups excluding carboxylic acids is 1. The molecule has 0 aliphatic heterocycles. The number of aryl methyl sites for hydroxylation is 1. The fourth-order valence-electron chi connectivity index (χ4n) is 2.73. The third-order valence-electron chi connectivity index (χ3n) is 4.28. The smallest absolute Gasteiger partial charge is 0.266 e. The van der Waals surface area contributed by atoms with Gasteiger partial charge in [-0.1, -0.05) is 18.2 Å². The molecule has 0 N–H and O–H groups in total. The summed E-state index contributed by atoms with van der Waals surface area (Å²) in [4.78, 5) is 26.0. The second-order valence-electron chi connectivity index (χ2n) is 6.18. The molecule has 5 nitrogen and oxygen atoms in total. The molecule has 0 saturated heterocycles. The highest BCUT2D eigenvalue weighted by Gasteiger charge is 2.11. The third kappa shape index (κ3) is 4.67. The highest BCUT2D eigenvalue weighted by atomic mass is 19.1. The van der Waals surface area contributed by atoms with Crippen molar-refractivity contribution < 1.29 is 9.18 Å². The minimum atomic E-state index is -0.326. The summed E-state index contributed by atoms with van der Waals surface area (Å²) < 4.78 is 14.4. The minimum absolute atomic E-state index is 0.0241. The molecule has 0 radical (unpaired) electrons. The van der Waals surface area contributed by atoms with Crippen molar-refractivity contribution in [3.63, 3.8) is 0 Å². The molecule has 6 heteroatoms. The van der Waals surface area contributed by atoms with Crippen LogP contribution >= 0.6 is 0 Å². The van der Waals surface area contributed by atoms with E-state index in [1.807, 2.05) is 30.3 Å². The highest BCUT2D eigenvalue weighted by molar-refractivity contribution is 5.92. The number of nitrogens with zero attached hydrogens (tertiary/aromatic N) is 3. The predicted molar refractivity (Wildman–Crippen MR) is 103 cm³/mol. The molecule has 0 aliphatic rings. The van der Waals surface area contributed by atoms with E-state index in [4.69, 9.17) is 0 Å². The summed E-state index contributed by atoms with van der Waals surface area (Å²) in [7, 11) is 1.73. The molecule has 138 valence electrons. The first-order valence-corrected chi connectivity index (χ1v) is 8.70. The molecule has 1 aromatic heterocycles. The van der Waals surface area contributed by atoms with Gasteiger partial charge in [0, 0.05) is 37.3 Å². The number of carbonyl (C=O) groups is 1. The molecule has 0 atom stereocenters. The number of para-hydroxylation sites is 1. The van der Waals surface area contributed by atoms with Gasteiger partial charge < -0.3 is 4.90 Å². The largest absolute Gasteiger partial charge is 0.316 e. The summed E-state index contributed by atoms with van der Waals surface area (Å²) in [5.41, 5.74) is 1.91. The zero-order chi connectivity index (χ0) is 19.2. The Morgan fingerprint density at radius 1 is 1.04 bits per heavy atom. The standard InChI is InChI=1S/C21H20FN3O2/c1-24(18-6-3-2-4-7-18)20(26)8-5-15-25-21(27)14-13-19(23-25)16-9-11-17(22)12-10-16/h2-4,6-7,9-14H,5,8,15H2,1H3. The average Bonchev–Trinajstić information content (AvgIpc) is 2.70. The molecule has 3 aromatic rings. The molecule has 0 bridgehead atoms. The Balaban J connectivity index is 1.64. The van der Waals surface area contributed by atoms with Crippen LogP contribution in [-0.2, 0) is 11.3 Å². The van der Waals surface area contributed by atoms with Crippen LogP contribution in [0.1, 0.15) is 12.8 Å². The van der Waals surface area contributed by atoms with Gasteiger partial charge in [0.1, 0.15) is 5.82 Å². The Morgan fingerprint density at radius 3 is 2.44 bits per heavy atom. The Bertz CT molecular complexity index is 969. The number of amides is 1. The fourth-order valence-corrected chi connectivity index (χ4v) is 2.73. The number of anilines is 1. The number of aromatic nitrogens is 2. The van der Waals surface area contributed by atoms with Crippen LogP contribution < -0.4 is 10.5 Å². The van der Waals surface area contributed by atoms with Crippen molar-refractivity contribution in [2.75, 3.05) is 11.9 Å². The summed E-state index contributed by atoms with van der Waals surface area (Å²) in [5, 5.41) is 4.33. The monoisotopic (exact) mass is 365 g/mol. The van der Waals surface area contributed by atoms with Crippen LogP contribution in [0, 0.1) is 5.82 Å². The molecule has 0 saturated carbocycles. The molecule has 0 fully saturated rings. The Labute approximate surface area is 156 Å². The number of benzene rings is 2. The average molecular weight is 365 g/mol. The van der Waals surface area contributed by atoms with Gasteiger partial charge in [-0.3, -0.25) is 9.59 Å². The van der Waals surface area contributed by atoms with Crippen molar-refractivity contribution in [3.05, 3.63) is 82.9 Å². The lowest BCUT2D eigenvalue weighted by atomic mass is 10.1. The number of halogens is 1. The number of hydrogen-bond donors (Lipinski definition) is 0. The fraction of sp³-hybridized carbons (Fsp3) is 0.190. The lowest BCUT2D eigenvalue weighted by molar-refractivity contribution is -0.118. The van der Waals surface area contributed by atoms with Crippen LogP contribution in [0.15, 0.2) is 71.5 Å². The normalized spacial score (nSPS) is 10.6. The van der Waals surface area contributed by atoms with Gasteiger partial charge in [-0.05, 0) is 48.9 Å². The van der Waals surface area contributed by atoms with Gasteiger partial charge in [0.15, 0.2) is 0 Å². The zero-order valence-electron chi connectivity index (χ0n) is 15.0.